The van der Waals surface area contributed by atoms with E-state index in [4.69, 9.17) is 0 Å². The number of amides is 1. The zero-order valence-electron chi connectivity index (χ0n) is 15.0. The maximum atomic E-state index is 13.1. The second-order valence-electron chi connectivity index (χ2n) is 7.07. The second-order valence-corrected chi connectivity index (χ2v) is 9.01. The van der Waals surface area contributed by atoms with Crippen LogP contribution in [0.4, 0.5) is 4.39 Å². The molecule has 2 aliphatic rings. The van der Waals surface area contributed by atoms with Crippen LogP contribution in [0.3, 0.4) is 0 Å². The van der Waals surface area contributed by atoms with Crippen molar-refractivity contribution in [2.45, 2.75) is 36.6 Å². The molecular formula is C18H26FN3O3S. The summed E-state index contributed by atoms with van der Waals surface area (Å²) in [4.78, 5) is 14.8. The van der Waals surface area contributed by atoms with Crippen molar-refractivity contribution < 1.29 is 17.6 Å². The Labute approximate surface area is 154 Å². The van der Waals surface area contributed by atoms with Crippen molar-refractivity contribution in [3.63, 3.8) is 0 Å². The number of likely N-dealkylation sites (N-methyl/N-ethyl adjacent to an activating group) is 1. The van der Waals surface area contributed by atoms with Crippen LogP contribution in [-0.2, 0) is 14.8 Å². The smallest absolute Gasteiger partial charge is 0.243 e. The Morgan fingerprint density at radius 2 is 1.81 bits per heavy atom. The second kappa shape index (κ2) is 8.02. The molecule has 1 aromatic rings. The molecule has 3 rings (SSSR count). The molecule has 0 radical (unpaired) electrons. The molecule has 0 aromatic heterocycles. The fourth-order valence-electron chi connectivity index (χ4n) is 3.79. The van der Waals surface area contributed by atoms with E-state index in [2.05, 4.69) is 5.32 Å². The number of likely N-dealkylation sites (tertiary alicyclic amines) is 1. The van der Waals surface area contributed by atoms with Gasteiger partial charge in [-0.1, -0.05) is 0 Å². The van der Waals surface area contributed by atoms with Crippen LogP contribution < -0.4 is 5.32 Å². The summed E-state index contributed by atoms with van der Waals surface area (Å²) in [5.74, 6) is -0.738. The topological polar surface area (TPSA) is 69.7 Å². The molecule has 0 bridgehead atoms. The standard InChI is InChI=1S/C18H26FN3O3S/c1-20-16-5-3-10-21(13-16)18(23)14-4-2-11-22(12-14)26(24,25)17-8-6-15(19)7-9-17/h6-9,14,16,20H,2-5,10-13H2,1H3. The highest BCUT2D eigenvalue weighted by molar-refractivity contribution is 7.89. The number of carbonyl (C=O) groups excluding carboxylic acids is 1. The van der Waals surface area contributed by atoms with Crippen molar-refractivity contribution in [3.05, 3.63) is 30.1 Å². The molecule has 2 aliphatic heterocycles. The highest BCUT2D eigenvalue weighted by Gasteiger charge is 2.36. The molecule has 2 fully saturated rings. The van der Waals surface area contributed by atoms with E-state index in [1.807, 2.05) is 11.9 Å². The predicted octanol–water partition coefficient (Wildman–Crippen LogP) is 1.44. The summed E-state index contributed by atoms with van der Waals surface area (Å²) in [6, 6.07) is 5.14. The third-order valence-corrected chi connectivity index (χ3v) is 7.21. The van der Waals surface area contributed by atoms with Crippen LogP contribution in [0.1, 0.15) is 25.7 Å². The summed E-state index contributed by atoms with van der Waals surface area (Å²) in [6.45, 7) is 2.00. The maximum absolute atomic E-state index is 13.1. The molecule has 2 atom stereocenters. The van der Waals surface area contributed by atoms with Crippen molar-refractivity contribution in [1.29, 1.82) is 0 Å². The summed E-state index contributed by atoms with van der Waals surface area (Å²) in [5.41, 5.74) is 0. The first-order valence-electron chi connectivity index (χ1n) is 9.13. The lowest BCUT2D eigenvalue weighted by Crippen LogP contribution is -2.52. The van der Waals surface area contributed by atoms with Crippen molar-refractivity contribution in [2.24, 2.45) is 5.92 Å². The van der Waals surface area contributed by atoms with Gasteiger partial charge in [0.15, 0.2) is 0 Å². The summed E-state index contributed by atoms with van der Waals surface area (Å²) >= 11 is 0. The van der Waals surface area contributed by atoms with E-state index in [1.165, 1.54) is 16.4 Å². The summed E-state index contributed by atoms with van der Waals surface area (Å²) in [5, 5.41) is 3.22. The average molecular weight is 383 g/mol. The van der Waals surface area contributed by atoms with Crippen molar-refractivity contribution in [1.82, 2.24) is 14.5 Å². The highest BCUT2D eigenvalue weighted by atomic mass is 32.2. The van der Waals surface area contributed by atoms with Gasteiger partial charge in [-0.25, -0.2) is 12.8 Å². The van der Waals surface area contributed by atoms with Crippen LogP contribution in [0.2, 0.25) is 0 Å². The van der Waals surface area contributed by atoms with Gasteiger partial charge in [0.25, 0.3) is 0 Å². The fourth-order valence-corrected chi connectivity index (χ4v) is 5.31. The van der Waals surface area contributed by atoms with Crippen LogP contribution in [0.15, 0.2) is 29.2 Å². The Kier molecular flexibility index (Phi) is 5.94. The number of carbonyl (C=O) groups is 1. The molecule has 26 heavy (non-hydrogen) atoms. The lowest BCUT2D eigenvalue weighted by atomic mass is 9.96. The monoisotopic (exact) mass is 383 g/mol. The molecular weight excluding hydrogens is 357 g/mol. The Morgan fingerprint density at radius 1 is 1.12 bits per heavy atom. The Balaban J connectivity index is 1.70. The predicted molar refractivity (Wildman–Crippen MR) is 96.5 cm³/mol. The Morgan fingerprint density at radius 3 is 2.50 bits per heavy atom. The minimum Gasteiger partial charge on any atom is -0.341 e. The number of hydrogen-bond donors (Lipinski definition) is 1. The van der Waals surface area contributed by atoms with Gasteiger partial charge >= 0.3 is 0 Å². The van der Waals surface area contributed by atoms with Crippen LogP contribution in [0, 0.1) is 11.7 Å². The van der Waals surface area contributed by atoms with Crippen LogP contribution in [0.25, 0.3) is 0 Å². The molecule has 144 valence electrons. The quantitative estimate of drug-likeness (QED) is 0.854. The molecule has 2 saturated heterocycles. The van der Waals surface area contributed by atoms with Gasteiger partial charge in [-0.2, -0.15) is 4.31 Å². The lowest BCUT2D eigenvalue weighted by Gasteiger charge is -2.37. The number of halogens is 1. The number of rotatable bonds is 4. The third-order valence-electron chi connectivity index (χ3n) is 5.33. The zero-order chi connectivity index (χ0) is 18.7. The molecule has 8 heteroatoms. The number of nitrogens with one attached hydrogen (secondary N) is 1. The van der Waals surface area contributed by atoms with E-state index in [-0.39, 0.29) is 23.3 Å². The zero-order valence-corrected chi connectivity index (χ0v) is 15.8. The average Bonchev–Trinajstić information content (AvgIpc) is 2.68. The normalized spacial score (nSPS) is 25.2. The first-order valence-corrected chi connectivity index (χ1v) is 10.6. The Bertz CT molecular complexity index is 739. The van der Waals surface area contributed by atoms with Gasteiger partial charge in [0, 0.05) is 32.2 Å². The van der Waals surface area contributed by atoms with Crippen molar-refractivity contribution in [2.75, 3.05) is 33.2 Å². The van der Waals surface area contributed by atoms with E-state index in [9.17, 15) is 17.6 Å². The van der Waals surface area contributed by atoms with Gasteiger partial charge in [-0.05, 0) is 57.0 Å². The number of sulfonamides is 1. The van der Waals surface area contributed by atoms with E-state index in [0.29, 0.717) is 32.0 Å². The minimum absolute atomic E-state index is 0.0453. The number of benzene rings is 1. The van der Waals surface area contributed by atoms with Crippen LogP contribution in [-0.4, -0.2) is 62.8 Å². The molecule has 0 spiro atoms. The molecule has 0 aliphatic carbocycles. The highest BCUT2D eigenvalue weighted by Crippen LogP contribution is 2.26. The van der Waals surface area contributed by atoms with Gasteiger partial charge in [0.1, 0.15) is 5.82 Å². The van der Waals surface area contributed by atoms with Gasteiger partial charge in [0.05, 0.1) is 10.8 Å². The van der Waals surface area contributed by atoms with Crippen LogP contribution >= 0.6 is 0 Å². The lowest BCUT2D eigenvalue weighted by molar-refractivity contribution is -0.138. The molecule has 6 nitrogen and oxygen atoms in total. The minimum atomic E-state index is -3.71. The summed E-state index contributed by atoms with van der Waals surface area (Å²) < 4.78 is 40.1. The van der Waals surface area contributed by atoms with E-state index < -0.39 is 15.8 Å². The molecule has 1 amide bonds. The van der Waals surface area contributed by atoms with Crippen molar-refractivity contribution in [3.8, 4) is 0 Å². The van der Waals surface area contributed by atoms with Gasteiger partial charge in [0.2, 0.25) is 15.9 Å². The number of piperidine rings is 2. The van der Waals surface area contributed by atoms with E-state index in [1.54, 1.807) is 0 Å². The maximum Gasteiger partial charge on any atom is 0.243 e. The molecule has 2 heterocycles. The largest absolute Gasteiger partial charge is 0.341 e. The van der Waals surface area contributed by atoms with Crippen molar-refractivity contribution >= 4 is 15.9 Å². The van der Waals surface area contributed by atoms with Gasteiger partial charge < -0.3 is 10.2 Å². The third kappa shape index (κ3) is 4.07. The first-order chi connectivity index (χ1) is 12.4. The van der Waals surface area contributed by atoms with Gasteiger partial charge in [-0.15, -0.1) is 0 Å². The Hall–Kier alpha value is -1.51. The molecule has 0 saturated carbocycles. The molecule has 2 unspecified atom stereocenters. The SMILES string of the molecule is CNC1CCCN(C(=O)C2CCCN(S(=O)(=O)c3ccc(F)cc3)C2)C1. The summed E-state index contributed by atoms with van der Waals surface area (Å²) in [7, 11) is -1.81. The van der Waals surface area contributed by atoms with Gasteiger partial charge in [-0.3, -0.25) is 4.79 Å². The molecule has 1 aromatic carbocycles. The first kappa shape index (κ1) is 19.3. The summed E-state index contributed by atoms with van der Waals surface area (Å²) in [6.07, 6.45) is 3.37. The van der Waals surface area contributed by atoms with Crippen LogP contribution in [0.5, 0.6) is 0 Å². The number of hydrogen-bond acceptors (Lipinski definition) is 4. The van der Waals surface area contributed by atoms with E-state index >= 15 is 0 Å². The number of nitrogens with zero attached hydrogens (tertiary/aromatic N) is 2. The fraction of sp³-hybridized carbons (Fsp3) is 0.611. The molecule has 1 N–H and O–H groups in total. The van der Waals surface area contributed by atoms with E-state index in [0.717, 1.165) is 31.5 Å².